The standard InChI is InChI=1S/C20H21N3O3/c1-15-18(21-14-25-2)8-9-19(22-15)16-10-12-23(13-11-16)20(24)26-17-6-4-3-5-7-17/h3-10,14H,11-13H2,1-2H3. The molecule has 0 radical (unpaired) electrons. The van der Waals surface area contributed by atoms with Crippen LogP contribution in [0.1, 0.15) is 17.8 Å². The van der Waals surface area contributed by atoms with Crippen LogP contribution in [0.3, 0.4) is 0 Å². The van der Waals surface area contributed by atoms with Crippen molar-refractivity contribution in [3.8, 4) is 5.75 Å². The van der Waals surface area contributed by atoms with E-state index in [-0.39, 0.29) is 6.09 Å². The summed E-state index contributed by atoms with van der Waals surface area (Å²) in [6, 6.07) is 13.0. The van der Waals surface area contributed by atoms with Gasteiger partial charge in [-0.05, 0) is 43.2 Å². The Hall–Kier alpha value is -3.15. The quantitative estimate of drug-likeness (QED) is 0.617. The second kappa shape index (κ2) is 8.29. The Morgan fingerprint density at radius 3 is 2.69 bits per heavy atom. The van der Waals surface area contributed by atoms with Crippen LogP contribution < -0.4 is 4.74 Å². The average molecular weight is 351 g/mol. The second-order valence-corrected chi connectivity index (χ2v) is 5.88. The van der Waals surface area contributed by atoms with E-state index in [9.17, 15) is 4.79 Å². The summed E-state index contributed by atoms with van der Waals surface area (Å²) >= 11 is 0. The molecule has 6 heteroatoms. The lowest BCUT2D eigenvalue weighted by molar-refractivity contribution is 0.157. The number of rotatable bonds is 4. The van der Waals surface area contributed by atoms with Crippen LogP contribution in [-0.4, -0.2) is 42.6 Å². The fourth-order valence-electron chi connectivity index (χ4n) is 2.70. The number of para-hydroxylation sites is 1. The van der Waals surface area contributed by atoms with Gasteiger partial charge >= 0.3 is 6.09 Å². The summed E-state index contributed by atoms with van der Waals surface area (Å²) in [7, 11) is 1.56. The third kappa shape index (κ3) is 4.27. The average Bonchev–Trinajstić information content (AvgIpc) is 2.68. The van der Waals surface area contributed by atoms with Gasteiger partial charge in [-0.15, -0.1) is 0 Å². The van der Waals surface area contributed by atoms with E-state index in [4.69, 9.17) is 9.47 Å². The van der Waals surface area contributed by atoms with Gasteiger partial charge in [0.05, 0.1) is 24.2 Å². The molecule has 0 saturated carbocycles. The number of methoxy groups -OCH3 is 1. The van der Waals surface area contributed by atoms with Crippen molar-refractivity contribution in [3.05, 3.63) is 59.9 Å². The van der Waals surface area contributed by atoms with Crippen LogP contribution in [0.15, 0.2) is 53.5 Å². The van der Waals surface area contributed by atoms with Crippen LogP contribution in [0.4, 0.5) is 10.5 Å². The SMILES string of the molecule is COC=Nc1ccc(C2=CCN(C(=O)Oc3ccccc3)CC2)nc1C. The molecule has 134 valence electrons. The van der Waals surface area contributed by atoms with E-state index >= 15 is 0 Å². The number of carbonyl (C=O) groups is 1. The van der Waals surface area contributed by atoms with Gasteiger partial charge in [0.2, 0.25) is 0 Å². The first-order chi connectivity index (χ1) is 12.7. The number of benzene rings is 1. The summed E-state index contributed by atoms with van der Waals surface area (Å²) in [5.41, 5.74) is 3.65. The molecule has 1 aliphatic heterocycles. The van der Waals surface area contributed by atoms with Gasteiger partial charge in [-0.2, -0.15) is 0 Å². The molecule has 0 bridgehead atoms. The highest BCUT2D eigenvalue weighted by Gasteiger charge is 2.20. The summed E-state index contributed by atoms with van der Waals surface area (Å²) in [6.45, 7) is 3.02. The fourth-order valence-corrected chi connectivity index (χ4v) is 2.70. The third-order valence-electron chi connectivity index (χ3n) is 4.10. The summed E-state index contributed by atoms with van der Waals surface area (Å²) in [5.74, 6) is 0.553. The molecule has 6 nitrogen and oxygen atoms in total. The van der Waals surface area contributed by atoms with Gasteiger partial charge < -0.3 is 14.4 Å². The molecule has 3 rings (SSSR count). The number of aromatic nitrogens is 1. The van der Waals surface area contributed by atoms with Gasteiger partial charge in [-0.1, -0.05) is 24.3 Å². The first kappa shape index (κ1) is 17.7. The van der Waals surface area contributed by atoms with Crippen molar-refractivity contribution < 1.29 is 14.3 Å². The number of aryl methyl sites for hydroxylation is 1. The predicted molar refractivity (Wildman–Crippen MR) is 101 cm³/mol. The highest BCUT2D eigenvalue weighted by Crippen LogP contribution is 2.25. The summed E-state index contributed by atoms with van der Waals surface area (Å²) in [6.07, 6.45) is 3.81. The minimum Gasteiger partial charge on any atom is -0.486 e. The van der Waals surface area contributed by atoms with Crippen molar-refractivity contribution in [2.24, 2.45) is 4.99 Å². The molecule has 26 heavy (non-hydrogen) atoms. The molecule has 0 atom stereocenters. The summed E-state index contributed by atoms with van der Waals surface area (Å²) < 4.78 is 10.2. The van der Waals surface area contributed by atoms with Crippen molar-refractivity contribution in [1.82, 2.24) is 9.88 Å². The van der Waals surface area contributed by atoms with Crippen molar-refractivity contribution in [3.63, 3.8) is 0 Å². The Balaban J connectivity index is 1.65. The number of aliphatic imine (C=N–C) groups is 1. The molecule has 0 aliphatic carbocycles. The van der Waals surface area contributed by atoms with E-state index < -0.39 is 0 Å². The van der Waals surface area contributed by atoms with Crippen LogP contribution >= 0.6 is 0 Å². The third-order valence-corrected chi connectivity index (χ3v) is 4.10. The summed E-state index contributed by atoms with van der Waals surface area (Å²) in [5, 5.41) is 0. The molecule has 1 aliphatic rings. The Bertz CT molecular complexity index is 831. The van der Waals surface area contributed by atoms with E-state index in [1.54, 1.807) is 24.1 Å². The predicted octanol–water partition coefficient (Wildman–Crippen LogP) is 3.98. The van der Waals surface area contributed by atoms with Crippen LogP contribution in [0.5, 0.6) is 5.75 Å². The number of hydrogen-bond donors (Lipinski definition) is 0. The molecule has 0 N–H and O–H groups in total. The maximum Gasteiger partial charge on any atom is 0.415 e. The lowest BCUT2D eigenvalue weighted by Crippen LogP contribution is -2.36. The number of hydrogen-bond acceptors (Lipinski definition) is 5. The molecule has 0 saturated heterocycles. The Kier molecular flexibility index (Phi) is 5.63. The van der Waals surface area contributed by atoms with Crippen LogP contribution in [0, 0.1) is 6.92 Å². The molecular weight excluding hydrogens is 330 g/mol. The van der Waals surface area contributed by atoms with Crippen LogP contribution in [0.25, 0.3) is 5.57 Å². The maximum absolute atomic E-state index is 12.2. The molecule has 0 unspecified atom stereocenters. The Morgan fingerprint density at radius 1 is 1.23 bits per heavy atom. The summed E-state index contributed by atoms with van der Waals surface area (Å²) in [4.78, 5) is 22.7. The van der Waals surface area contributed by atoms with Crippen molar-refractivity contribution in [1.29, 1.82) is 0 Å². The monoisotopic (exact) mass is 351 g/mol. The van der Waals surface area contributed by atoms with Crippen molar-refractivity contribution in [2.45, 2.75) is 13.3 Å². The lowest BCUT2D eigenvalue weighted by atomic mass is 10.0. The van der Waals surface area contributed by atoms with Crippen LogP contribution in [0.2, 0.25) is 0 Å². The first-order valence-corrected chi connectivity index (χ1v) is 8.41. The highest BCUT2D eigenvalue weighted by atomic mass is 16.6. The van der Waals surface area contributed by atoms with E-state index in [0.29, 0.717) is 18.8 Å². The number of pyridine rings is 1. The topological polar surface area (TPSA) is 64.0 Å². The van der Waals surface area contributed by atoms with Gasteiger partial charge in [-0.25, -0.2) is 9.79 Å². The maximum atomic E-state index is 12.2. The molecular formula is C20H21N3O3. The van der Waals surface area contributed by atoms with E-state index in [1.807, 2.05) is 43.3 Å². The molecule has 0 fully saturated rings. The molecule has 0 spiro atoms. The van der Waals surface area contributed by atoms with Crippen molar-refractivity contribution in [2.75, 3.05) is 20.2 Å². The smallest absolute Gasteiger partial charge is 0.415 e. The number of ether oxygens (including phenoxy) is 2. The Morgan fingerprint density at radius 2 is 2.04 bits per heavy atom. The largest absolute Gasteiger partial charge is 0.486 e. The lowest BCUT2D eigenvalue weighted by Gasteiger charge is -2.25. The molecule has 1 amide bonds. The fraction of sp³-hybridized carbons (Fsp3) is 0.250. The molecule has 1 aromatic carbocycles. The van der Waals surface area contributed by atoms with E-state index in [1.165, 1.54) is 6.40 Å². The zero-order valence-corrected chi connectivity index (χ0v) is 14.9. The second-order valence-electron chi connectivity index (χ2n) is 5.88. The van der Waals surface area contributed by atoms with Gasteiger partial charge in [-0.3, -0.25) is 4.98 Å². The minimum absolute atomic E-state index is 0.333. The van der Waals surface area contributed by atoms with Gasteiger partial charge in [0, 0.05) is 13.1 Å². The molecule has 2 heterocycles. The minimum atomic E-state index is -0.333. The molecule has 1 aromatic heterocycles. The molecule has 2 aromatic rings. The highest BCUT2D eigenvalue weighted by molar-refractivity contribution is 5.74. The Labute approximate surface area is 152 Å². The zero-order chi connectivity index (χ0) is 18.4. The van der Waals surface area contributed by atoms with Gasteiger partial charge in [0.1, 0.15) is 5.75 Å². The van der Waals surface area contributed by atoms with Gasteiger partial charge in [0.25, 0.3) is 0 Å². The van der Waals surface area contributed by atoms with Crippen LogP contribution in [-0.2, 0) is 4.74 Å². The number of nitrogens with zero attached hydrogens (tertiary/aromatic N) is 3. The van der Waals surface area contributed by atoms with Gasteiger partial charge in [0.15, 0.2) is 6.40 Å². The zero-order valence-electron chi connectivity index (χ0n) is 14.9. The first-order valence-electron chi connectivity index (χ1n) is 8.41. The van der Waals surface area contributed by atoms with E-state index in [2.05, 4.69) is 9.98 Å². The normalized spacial score (nSPS) is 14.2. The van der Waals surface area contributed by atoms with E-state index in [0.717, 1.165) is 29.1 Å². The number of amides is 1. The number of carbonyl (C=O) groups excluding carboxylic acids is 1. The van der Waals surface area contributed by atoms with Crippen molar-refractivity contribution >= 4 is 23.8 Å².